The van der Waals surface area contributed by atoms with E-state index in [0.717, 1.165) is 25.1 Å². The van der Waals surface area contributed by atoms with Gasteiger partial charge < -0.3 is 24.0 Å². The number of carbonyl (C=O) groups excluding carboxylic acids is 1. The van der Waals surface area contributed by atoms with Crippen molar-refractivity contribution in [2.24, 2.45) is 0 Å². The fraction of sp³-hybridized carbons (Fsp3) is 0.588. The van der Waals surface area contributed by atoms with Crippen LogP contribution < -0.4 is 14.2 Å². The highest BCUT2D eigenvalue weighted by molar-refractivity contribution is 8.00. The number of methoxy groups -OCH3 is 3. The molecule has 6 nitrogen and oxygen atoms in total. The minimum atomic E-state index is -0.0200. The number of hydrogen-bond acceptors (Lipinski definition) is 6. The summed E-state index contributed by atoms with van der Waals surface area (Å²) in [5.74, 6) is 2.47. The zero-order valence-corrected chi connectivity index (χ0v) is 15.8. The molecule has 0 aromatic heterocycles. The molecule has 1 aliphatic heterocycles. The molecule has 1 aliphatic rings. The van der Waals surface area contributed by atoms with Crippen molar-refractivity contribution in [3.63, 3.8) is 0 Å². The Morgan fingerprint density at radius 1 is 1.17 bits per heavy atom. The van der Waals surface area contributed by atoms with Gasteiger partial charge in [-0.15, -0.1) is 11.8 Å². The maximum Gasteiger partial charge on any atom is 0.233 e. The van der Waals surface area contributed by atoms with Crippen LogP contribution in [0.4, 0.5) is 0 Å². The third kappa shape index (κ3) is 4.08. The molecule has 0 saturated carbocycles. The second-order valence-electron chi connectivity index (χ2n) is 5.87. The lowest BCUT2D eigenvalue weighted by atomic mass is 10.1. The van der Waals surface area contributed by atoms with Crippen LogP contribution in [0.3, 0.4) is 0 Å². The zero-order valence-electron chi connectivity index (χ0n) is 15.0. The predicted molar refractivity (Wildman–Crippen MR) is 96.2 cm³/mol. The molecule has 1 atom stereocenters. The summed E-state index contributed by atoms with van der Waals surface area (Å²) in [5.41, 5.74) is 0.991. The monoisotopic (exact) mass is 354 g/mol. The molecule has 0 unspecified atom stereocenters. The Morgan fingerprint density at radius 2 is 1.79 bits per heavy atom. The van der Waals surface area contributed by atoms with E-state index >= 15 is 0 Å². The van der Waals surface area contributed by atoms with Crippen molar-refractivity contribution in [2.45, 2.75) is 11.8 Å². The molecule has 1 aromatic carbocycles. The van der Waals surface area contributed by atoms with E-state index in [-0.39, 0.29) is 11.3 Å². The Balaban J connectivity index is 2.26. The van der Waals surface area contributed by atoms with Gasteiger partial charge >= 0.3 is 0 Å². The van der Waals surface area contributed by atoms with Crippen LogP contribution in [-0.2, 0) is 4.79 Å². The number of rotatable bonds is 8. The summed E-state index contributed by atoms with van der Waals surface area (Å²) in [4.78, 5) is 16.3. The normalized spacial score (nSPS) is 17.5. The first kappa shape index (κ1) is 18.7. The van der Waals surface area contributed by atoms with E-state index in [1.807, 2.05) is 31.1 Å². The average molecular weight is 354 g/mol. The van der Waals surface area contributed by atoms with Gasteiger partial charge in [-0.05, 0) is 44.8 Å². The lowest BCUT2D eigenvalue weighted by Gasteiger charge is -2.26. The molecular formula is C17H26N2O4S. The largest absolute Gasteiger partial charge is 0.493 e. The first-order valence-corrected chi connectivity index (χ1v) is 8.92. The van der Waals surface area contributed by atoms with E-state index in [1.165, 1.54) is 0 Å². The topological polar surface area (TPSA) is 51.2 Å². The fourth-order valence-corrected chi connectivity index (χ4v) is 3.97. The van der Waals surface area contributed by atoms with E-state index in [2.05, 4.69) is 4.90 Å². The molecule has 0 aliphatic carbocycles. The molecular weight excluding hydrogens is 328 g/mol. The Bertz CT molecular complexity index is 555. The highest BCUT2D eigenvalue weighted by Gasteiger charge is 2.33. The number of benzene rings is 1. The molecule has 1 saturated heterocycles. The van der Waals surface area contributed by atoms with Gasteiger partial charge in [0.1, 0.15) is 5.37 Å². The Hall–Kier alpha value is -1.60. The fourth-order valence-electron chi connectivity index (χ4n) is 2.77. The van der Waals surface area contributed by atoms with Gasteiger partial charge in [0.05, 0.1) is 27.1 Å². The summed E-state index contributed by atoms with van der Waals surface area (Å²) in [6.45, 7) is 1.70. The second-order valence-corrected chi connectivity index (χ2v) is 6.93. The van der Waals surface area contributed by atoms with Crippen LogP contribution in [-0.4, -0.2) is 70.0 Å². The van der Waals surface area contributed by atoms with Crippen LogP contribution in [0, 0.1) is 0 Å². The molecule has 0 bridgehead atoms. The summed E-state index contributed by atoms with van der Waals surface area (Å²) >= 11 is 1.63. The minimum Gasteiger partial charge on any atom is -0.493 e. The van der Waals surface area contributed by atoms with Gasteiger partial charge in [-0.3, -0.25) is 4.79 Å². The van der Waals surface area contributed by atoms with Crippen molar-refractivity contribution >= 4 is 17.7 Å². The van der Waals surface area contributed by atoms with Gasteiger partial charge in [-0.25, -0.2) is 0 Å². The number of amides is 1. The van der Waals surface area contributed by atoms with E-state index in [0.29, 0.717) is 23.0 Å². The average Bonchev–Trinajstić information content (AvgIpc) is 2.94. The van der Waals surface area contributed by atoms with Gasteiger partial charge in [0.15, 0.2) is 11.5 Å². The maximum absolute atomic E-state index is 12.3. The van der Waals surface area contributed by atoms with Crippen molar-refractivity contribution in [1.82, 2.24) is 9.80 Å². The summed E-state index contributed by atoms with van der Waals surface area (Å²) in [6, 6.07) is 3.85. The molecule has 2 rings (SSSR count). The van der Waals surface area contributed by atoms with Crippen LogP contribution >= 0.6 is 11.8 Å². The third-order valence-electron chi connectivity index (χ3n) is 3.94. The second kappa shape index (κ2) is 8.48. The van der Waals surface area contributed by atoms with Gasteiger partial charge in [0.25, 0.3) is 0 Å². The smallest absolute Gasteiger partial charge is 0.233 e. The predicted octanol–water partition coefficient (Wildman–Crippen LogP) is 2.24. The van der Waals surface area contributed by atoms with Crippen molar-refractivity contribution in [3.05, 3.63) is 17.7 Å². The van der Waals surface area contributed by atoms with E-state index in [9.17, 15) is 4.79 Å². The molecule has 1 amide bonds. The van der Waals surface area contributed by atoms with E-state index in [4.69, 9.17) is 14.2 Å². The van der Waals surface area contributed by atoms with Gasteiger partial charge in [0, 0.05) is 6.54 Å². The highest BCUT2D eigenvalue weighted by atomic mass is 32.2. The number of nitrogens with zero attached hydrogens (tertiary/aromatic N) is 2. The van der Waals surface area contributed by atoms with Crippen molar-refractivity contribution in [1.29, 1.82) is 0 Å². The Kier molecular flexibility index (Phi) is 6.62. The Labute approximate surface area is 148 Å². The number of hydrogen-bond donors (Lipinski definition) is 0. The first-order chi connectivity index (χ1) is 11.5. The molecule has 0 radical (unpaired) electrons. The zero-order chi connectivity index (χ0) is 17.7. The van der Waals surface area contributed by atoms with Crippen LogP contribution in [0.1, 0.15) is 17.4 Å². The van der Waals surface area contributed by atoms with Gasteiger partial charge in [-0.1, -0.05) is 0 Å². The molecule has 1 aromatic rings. The van der Waals surface area contributed by atoms with Gasteiger partial charge in [-0.2, -0.15) is 0 Å². The summed E-state index contributed by atoms with van der Waals surface area (Å²) in [6.07, 6.45) is 0.945. The number of ether oxygens (including phenoxy) is 3. The van der Waals surface area contributed by atoms with Crippen LogP contribution in [0.25, 0.3) is 0 Å². The lowest BCUT2D eigenvalue weighted by molar-refractivity contribution is -0.128. The van der Waals surface area contributed by atoms with E-state index in [1.54, 1.807) is 33.1 Å². The van der Waals surface area contributed by atoms with Crippen LogP contribution in [0.15, 0.2) is 12.1 Å². The molecule has 7 heteroatoms. The van der Waals surface area contributed by atoms with Crippen LogP contribution in [0.5, 0.6) is 17.2 Å². The van der Waals surface area contributed by atoms with Gasteiger partial charge in [0.2, 0.25) is 11.7 Å². The quantitative estimate of drug-likeness (QED) is 0.714. The standard InChI is InChI=1S/C17H26N2O4S/c1-18(2)7-6-8-19-15(20)11-24-17(19)12-9-13(21-3)16(23-5)14(10-12)22-4/h9-10,17H,6-8,11H2,1-5H3/t17-/m0/s1. The van der Waals surface area contributed by atoms with Crippen molar-refractivity contribution in [3.8, 4) is 17.2 Å². The third-order valence-corrected chi connectivity index (χ3v) is 5.20. The molecule has 1 heterocycles. The summed E-state index contributed by atoms with van der Waals surface area (Å²) < 4.78 is 16.2. The van der Waals surface area contributed by atoms with Crippen LogP contribution in [0.2, 0.25) is 0 Å². The Morgan fingerprint density at radius 3 is 2.29 bits per heavy atom. The minimum absolute atomic E-state index is 0.0200. The van der Waals surface area contributed by atoms with Crippen molar-refractivity contribution in [2.75, 3.05) is 54.3 Å². The number of thioether (sulfide) groups is 1. The highest BCUT2D eigenvalue weighted by Crippen LogP contribution is 2.45. The maximum atomic E-state index is 12.3. The summed E-state index contributed by atoms with van der Waals surface area (Å²) in [7, 11) is 8.86. The molecule has 0 spiro atoms. The molecule has 134 valence electrons. The first-order valence-electron chi connectivity index (χ1n) is 7.87. The van der Waals surface area contributed by atoms with Crippen molar-refractivity contribution < 1.29 is 19.0 Å². The number of carbonyl (C=O) groups is 1. The molecule has 24 heavy (non-hydrogen) atoms. The lowest BCUT2D eigenvalue weighted by Crippen LogP contribution is -2.31. The molecule has 0 N–H and O–H groups in total. The SMILES string of the molecule is COc1cc([C@@H]2SCC(=O)N2CCCN(C)C)cc(OC)c1OC. The van der Waals surface area contributed by atoms with E-state index < -0.39 is 0 Å². The molecule has 1 fully saturated rings. The summed E-state index contributed by atoms with van der Waals surface area (Å²) in [5, 5.41) is -0.0200.